The zero-order valence-electron chi connectivity index (χ0n) is 18.0. The number of carbonyl (C=O) groups excluding carboxylic acids is 3. The number of imide groups is 1. The molecule has 11 heteroatoms. The number of rotatable bonds is 7. The van der Waals surface area contributed by atoms with Crippen molar-refractivity contribution in [1.29, 1.82) is 0 Å². The fourth-order valence-electron chi connectivity index (χ4n) is 3.67. The van der Waals surface area contributed by atoms with Gasteiger partial charge in [0.05, 0.1) is 4.90 Å². The van der Waals surface area contributed by atoms with E-state index in [1.54, 1.807) is 6.20 Å². The number of amides is 4. The highest BCUT2D eigenvalue weighted by atomic mass is 32.2. The second-order valence-corrected chi connectivity index (χ2v) is 10.0. The quantitative estimate of drug-likeness (QED) is 0.452. The number of hydrogen-bond acceptors (Lipinski definition) is 5. The summed E-state index contributed by atoms with van der Waals surface area (Å²) in [6.45, 7) is -0.486. The summed E-state index contributed by atoms with van der Waals surface area (Å²) in [6.07, 6.45) is 2.09. The Morgan fingerprint density at radius 2 is 1.88 bits per heavy atom. The van der Waals surface area contributed by atoms with E-state index < -0.39 is 40.5 Å². The van der Waals surface area contributed by atoms with Crippen LogP contribution in [0.15, 0.2) is 59.6 Å². The third-order valence-electron chi connectivity index (χ3n) is 5.40. The lowest BCUT2D eigenvalue weighted by atomic mass is 10.1. The molecule has 1 aliphatic rings. The van der Waals surface area contributed by atoms with E-state index in [9.17, 15) is 22.8 Å². The van der Waals surface area contributed by atoms with Crippen LogP contribution >= 0.6 is 0 Å². The molecule has 0 radical (unpaired) electrons. The van der Waals surface area contributed by atoms with Gasteiger partial charge >= 0.3 is 6.03 Å². The summed E-state index contributed by atoms with van der Waals surface area (Å²) in [5.41, 5.74) is 2.05. The molecule has 4 rings (SSSR count). The van der Waals surface area contributed by atoms with E-state index in [1.807, 2.05) is 24.3 Å². The molecule has 0 aliphatic carbocycles. The van der Waals surface area contributed by atoms with Gasteiger partial charge in [-0.2, -0.15) is 0 Å². The SMILES string of the molecule is CN(C)S(=O)(=O)c1cccc(NC(=O)CN2C(=O)N[C@H](Cc3c[nH]c4ccccc34)C2=O)c1. The summed E-state index contributed by atoms with van der Waals surface area (Å²) in [6, 6.07) is 12.0. The van der Waals surface area contributed by atoms with E-state index in [2.05, 4.69) is 15.6 Å². The van der Waals surface area contributed by atoms with Crippen LogP contribution in [0.2, 0.25) is 0 Å². The first-order valence-corrected chi connectivity index (χ1v) is 11.6. The first kappa shape index (κ1) is 22.5. The minimum Gasteiger partial charge on any atom is -0.361 e. The van der Waals surface area contributed by atoms with Crippen LogP contribution in [0.5, 0.6) is 0 Å². The maximum Gasteiger partial charge on any atom is 0.325 e. The normalized spacial score (nSPS) is 16.5. The highest BCUT2D eigenvalue weighted by Crippen LogP contribution is 2.22. The lowest BCUT2D eigenvalue weighted by Crippen LogP contribution is -2.38. The van der Waals surface area contributed by atoms with Crippen LogP contribution in [0.1, 0.15) is 5.56 Å². The molecule has 1 saturated heterocycles. The summed E-state index contributed by atoms with van der Waals surface area (Å²) >= 11 is 0. The molecule has 4 amide bonds. The average molecular weight is 470 g/mol. The number of benzene rings is 2. The molecular formula is C22H23N5O5S. The lowest BCUT2D eigenvalue weighted by Gasteiger charge is -2.14. The Kier molecular flexibility index (Phi) is 5.91. The number of aromatic nitrogens is 1. The van der Waals surface area contributed by atoms with E-state index in [4.69, 9.17) is 0 Å². The molecule has 1 fully saturated rings. The van der Waals surface area contributed by atoms with Crippen LogP contribution < -0.4 is 10.6 Å². The molecule has 0 bridgehead atoms. The molecule has 33 heavy (non-hydrogen) atoms. The van der Waals surface area contributed by atoms with Gasteiger partial charge in [0.1, 0.15) is 12.6 Å². The minimum absolute atomic E-state index is 0.0130. The molecule has 0 unspecified atom stereocenters. The fourth-order valence-corrected chi connectivity index (χ4v) is 4.62. The van der Waals surface area contributed by atoms with Gasteiger partial charge < -0.3 is 15.6 Å². The molecule has 2 heterocycles. The van der Waals surface area contributed by atoms with E-state index in [0.717, 1.165) is 25.7 Å². The van der Waals surface area contributed by atoms with Crippen LogP contribution in [-0.2, 0) is 26.0 Å². The molecular weight excluding hydrogens is 446 g/mol. The van der Waals surface area contributed by atoms with Crippen molar-refractivity contribution in [3.05, 3.63) is 60.3 Å². The maximum absolute atomic E-state index is 12.8. The number of fused-ring (bicyclic) bond motifs is 1. The van der Waals surface area contributed by atoms with E-state index in [1.165, 1.54) is 38.4 Å². The monoisotopic (exact) mass is 469 g/mol. The van der Waals surface area contributed by atoms with Crippen molar-refractivity contribution in [2.45, 2.75) is 17.4 Å². The summed E-state index contributed by atoms with van der Waals surface area (Å²) in [7, 11) is -0.857. The lowest BCUT2D eigenvalue weighted by molar-refractivity contribution is -0.130. The van der Waals surface area contributed by atoms with Crippen LogP contribution in [0.3, 0.4) is 0 Å². The molecule has 3 N–H and O–H groups in total. The standard InChI is InChI=1S/C22H23N5O5S/c1-26(2)33(31,32)16-7-5-6-15(11-16)24-20(28)13-27-21(29)19(25-22(27)30)10-14-12-23-18-9-4-3-8-17(14)18/h3-9,11-12,19,23H,10,13H2,1-2H3,(H,24,28)(H,25,30)/t19-/m1/s1. The van der Waals surface area contributed by atoms with Crippen molar-refractivity contribution in [2.24, 2.45) is 0 Å². The van der Waals surface area contributed by atoms with Gasteiger partial charge in [-0.15, -0.1) is 0 Å². The molecule has 0 saturated carbocycles. The van der Waals surface area contributed by atoms with Gasteiger partial charge in [-0.1, -0.05) is 24.3 Å². The van der Waals surface area contributed by atoms with Gasteiger partial charge in [-0.25, -0.2) is 17.5 Å². The number of carbonyl (C=O) groups is 3. The van der Waals surface area contributed by atoms with Crippen molar-refractivity contribution < 1.29 is 22.8 Å². The van der Waals surface area contributed by atoms with E-state index >= 15 is 0 Å². The predicted molar refractivity (Wildman–Crippen MR) is 122 cm³/mol. The Labute approximate surface area is 190 Å². The number of nitrogens with zero attached hydrogens (tertiary/aromatic N) is 2. The smallest absolute Gasteiger partial charge is 0.325 e. The molecule has 172 valence electrons. The first-order chi connectivity index (χ1) is 15.7. The number of para-hydroxylation sites is 1. The van der Waals surface area contributed by atoms with Crippen LogP contribution in [0, 0.1) is 0 Å². The second-order valence-electron chi connectivity index (χ2n) is 7.85. The fraction of sp³-hybridized carbons (Fsp3) is 0.227. The van der Waals surface area contributed by atoms with Gasteiger partial charge in [0.25, 0.3) is 5.91 Å². The van der Waals surface area contributed by atoms with Crippen LogP contribution in [0.25, 0.3) is 10.9 Å². The van der Waals surface area contributed by atoms with Crippen LogP contribution in [-0.4, -0.2) is 67.1 Å². The first-order valence-electron chi connectivity index (χ1n) is 10.2. The Bertz CT molecular complexity index is 1350. The molecule has 1 aliphatic heterocycles. The third-order valence-corrected chi connectivity index (χ3v) is 7.22. The molecule has 10 nitrogen and oxygen atoms in total. The number of nitrogens with one attached hydrogen (secondary N) is 3. The van der Waals surface area contributed by atoms with Crippen molar-refractivity contribution in [2.75, 3.05) is 26.0 Å². The number of aromatic amines is 1. The van der Waals surface area contributed by atoms with Gasteiger partial charge in [0, 0.05) is 43.3 Å². The highest BCUT2D eigenvalue weighted by Gasteiger charge is 2.39. The Hall–Kier alpha value is -3.70. The molecule has 1 aromatic heterocycles. The highest BCUT2D eigenvalue weighted by molar-refractivity contribution is 7.89. The van der Waals surface area contributed by atoms with Gasteiger partial charge in [-0.05, 0) is 29.8 Å². The molecule has 2 aromatic carbocycles. The van der Waals surface area contributed by atoms with Gasteiger partial charge in [-0.3, -0.25) is 14.5 Å². The van der Waals surface area contributed by atoms with Gasteiger partial charge in [0.2, 0.25) is 15.9 Å². The summed E-state index contributed by atoms with van der Waals surface area (Å²) in [4.78, 5) is 41.7. The van der Waals surface area contributed by atoms with E-state index in [0.29, 0.717) is 0 Å². The Balaban J connectivity index is 1.42. The molecule has 0 spiro atoms. The summed E-state index contributed by atoms with van der Waals surface area (Å²) < 4.78 is 25.6. The van der Waals surface area contributed by atoms with Crippen LogP contribution in [0.4, 0.5) is 10.5 Å². The predicted octanol–water partition coefficient (Wildman–Crippen LogP) is 1.52. The van der Waals surface area contributed by atoms with E-state index in [-0.39, 0.29) is 17.0 Å². The zero-order chi connectivity index (χ0) is 23.8. The molecule has 1 atom stereocenters. The number of sulfonamides is 1. The number of H-pyrrole nitrogens is 1. The largest absolute Gasteiger partial charge is 0.361 e. The van der Waals surface area contributed by atoms with Gasteiger partial charge in [0.15, 0.2) is 0 Å². The third kappa shape index (κ3) is 4.45. The second kappa shape index (κ2) is 8.68. The summed E-state index contributed by atoms with van der Waals surface area (Å²) in [5, 5.41) is 6.13. The maximum atomic E-state index is 12.8. The number of urea groups is 1. The number of hydrogen-bond donors (Lipinski definition) is 3. The average Bonchev–Trinajstić information content (AvgIpc) is 3.30. The van der Waals surface area contributed by atoms with Crippen molar-refractivity contribution >= 4 is 44.5 Å². The topological polar surface area (TPSA) is 132 Å². The van der Waals surface area contributed by atoms with Crippen molar-refractivity contribution in [3.63, 3.8) is 0 Å². The Morgan fingerprint density at radius 3 is 2.64 bits per heavy atom. The van der Waals surface area contributed by atoms with Crippen molar-refractivity contribution in [1.82, 2.24) is 19.5 Å². The minimum atomic E-state index is -3.67. The Morgan fingerprint density at radius 1 is 1.12 bits per heavy atom. The van der Waals surface area contributed by atoms with Crippen molar-refractivity contribution in [3.8, 4) is 0 Å². The molecule has 3 aromatic rings. The number of anilines is 1. The zero-order valence-corrected chi connectivity index (χ0v) is 18.8. The summed E-state index contributed by atoms with van der Waals surface area (Å²) in [5.74, 6) is -1.12.